The van der Waals surface area contributed by atoms with Gasteiger partial charge in [-0.25, -0.2) is 0 Å². The van der Waals surface area contributed by atoms with Gasteiger partial charge in [-0.3, -0.25) is 4.99 Å². The highest BCUT2D eigenvalue weighted by atomic mass is 127. The Bertz CT molecular complexity index is 721. The topological polar surface area (TPSA) is 54.9 Å². The Morgan fingerprint density at radius 2 is 1.97 bits per heavy atom. The van der Waals surface area contributed by atoms with Crippen molar-refractivity contribution >= 4 is 29.9 Å². The van der Waals surface area contributed by atoms with Crippen LogP contribution in [0.25, 0.3) is 0 Å². The lowest BCUT2D eigenvalue weighted by Gasteiger charge is -2.21. The Hall–Kier alpha value is -1.07. The smallest absolute Gasteiger partial charge is 0.381 e. The van der Waals surface area contributed by atoms with Gasteiger partial charge in [-0.05, 0) is 56.6 Å². The van der Waals surface area contributed by atoms with Crippen LogP contribution in [0, 0.1) is 5.92 Å². The largest absolute Gasteiger partial charge is 0.416 e. The van der Waals surface area contributed by atoms with E-state index in [2.05, 4.69) is 15.6 Å². The van der Waals surface area contributed by atoms with Gasteiger partial charge in [0.05, 0.1) is 12.1 Å². The van der Waals surface area contributed by atoms with E-state index in [1.165, 1.54) is 12.1 Å². The summed E-state index contributed by atoms with van der Waals surface area (Å²) in [6.07, 6.45) is 0.409. The number of alkyl halides is 3. The molecule has 5 nitrogen and oxygen atoms in total. The predicted octanol–water partition coefficient (Wildman–Crippen LogP) is 4.74. The minimum Gasteiger partial charge on any atom is -0.381 e. The zero-order chi connectivity index (χ0) is 22.2. The SMILES string of the molecule is CCNC(=NCC1(c2cccc(C(F)(F)F)c2)CC1)NCCCOCC1CCOCC1.I. The Kier molecular flexibility index (Phi) is 11.0. The van der Waals surface area contributed by atoms with E-state index in [1.54, 1.807) is 6.07 Å². The molecule has 1 saturated carbocycles. The van der Waals surface area contributed by atoms with Crippen molar-refractivity contribution in [2.75, 3.05) is 46.1 Å². The molecule has 0 spiro atoms. The molecule has 2 fully saturated rings. The first kappa shape index (κ1) is 27.2. The standard InChI is InChI=1S/C23H34F3N3O2.HI/c1-2-27-21(28-11-4-12-31-16-18-7-13-30-14-8-18)29-17-22(9-10-22)19-5-3-6-20(15-19)23(24,25)26;/h3,5-6,15,18H,2,4,7-14,16-17H2,1H3,(H2,27,28,29);1H. The molecule has 2 aliphatic rings. The van der Waals surface area contributed by atoms with Crippen molar-refractivity contribution in [1.29, 1.82) is 0 Å². The maximum atomic E-state index is 13.1. The fraction of sp³-hybridized carbons (Fsp3) is 0.696. The number of nitrogens with zero attached hydrogens (tertiary/aromatic N) is 1. The molecule has 0 atom stereocenters. The monoisotopic (exact) mass is 569 g/mol. The van der Waals surface area contributed by atoms with Crippen LogP contribution in [0.3, 0.4) is 0 Å². The lowest BCUT2D eigenvalue weighted by molar-refractivity contribution is -0.137. The van der Waals surface area contributed by atoms with Crippen LogP contribution >= 0.6 is 24.0 Å². The van der Waals surface area contributed by atoms with Crippen molar-refractivity contribution in [3.8, 4) is 0 Å². The van der Waals surface area contributed by atoms with Crippen molar-refractivity contribution in [2.24, 2.45) is 10.9 Å². The lowest BCUT2D eigenvalue weighted by atomic mass is 9.94. The molecule has 1 aliphatic carbocycles. The third kappa shape index (κ3) is 8.37. The summed E-state index contributed by atoms with van der Waals surface area (Å²) in [6.45, 7) is 7.08. The molecule has 1 aromatic carbocycles. The Morgan fingerprint density at radius 3 is 2.62 bits per heavy atom. The van der Waals surface area contributed by atoms with E-state index < -0.39 is 11.7 Å². The number of rotatable bonds is 10. The Labute approximate surface area is 205 Å². The second kappa shape index (κ2) is 13.0. The molecule has 182 valence electrons. The molecule has 1 aliphatic heterocycles. The van der Waals surface area contributed by atoms with E-state index in [-0.39, 0.29) is 29.4 Å². The summed E-state index contributed by atoms with van der Waals surface area (Å²) < 4.78 is 50.3. The molecule has 2 N–H and O–H groups in total. The van der Waals surface area contributed by atoms with Gasteiger partial charge in [0, 0.05) is 44.9 Å². The van der Waals surface area contributed by atoms with Gasteiger partial charge in [0.15, 0.2) is 5.96 Å². The first-order valence-corrected chi connectivity index (χ1v) is 11.3. The molecule has 3 rings (SSSR count). The number of benzene rings is 1. The van der Waals surface area contributed by atoms with Gasteiger partial charge < -0.3 is 20.1 Å². The van der Waals surface area contributed by atoms with Crippen LogP contribution < -0.4 is 10.6 Å². The summed E-state index contributed by atoms with van der Waals surface area (Å²) in [4.78, 5) is 4.67. The summed E-state index contributed by atoms with van der Waals surface area (Å²) in [5.74, 6) is 1.30. The Balaban J connectivity index is 0.00000363. The highest BCUT2D eigenvalue weighted by Gasteiger charge is 2.45. The maximum absolute atomic E-state index is 13.1. The summed E-state index contributed by atoms with van der Waals surface area (Å²) in [5, 5.41) is 6.52. The maximum Gasteiger partial charge on any atom is 0.416 e. The molecule has 9 heteroatoms. The molecular weight excluding hydrogens is 534 g/mol. The molecule has 1 saturated heterocycles. The molecular formula is C23H35F3IN3O2. The average molecular weight is 569 g/mol. The van der Waals surface area contributed by atoms with Crippen molar-refractivity contribution in [3.63, 3.8) is 0 Å². The number of aliphatic imine (C=N–C) groups is 1. The molecule has 0 amide bonds. The average Bonchev–Trinajstić information content (AvgIpc) is 3.56. The van der Waals surface area contributed by atoms with Gasteiger partial charge in [-0.15, -0.1) is 24.0 Å². The number of hydrogen-bond donors (Lipinski definition) is 2. The quantitative estimate of drug-likeness (QED) is 0.185. The van der Waals surface area contributed by atoms with Crippen LogP contribution in [0.5, 0.6) is 0 Å². The number of ether oxygens (including phenoxy) is 2. The lowest BCUT2D eigenvalue weighted by Crippen LogP contribution is -2.38. The van der Waals surface area contributed by atoms with Gasteiger partial charge in [0.2, 0.25) is 0 Å². The summed E-state index contributed by atoms with van der Waals surface area (Å²) >= 11 is 0. The number of hydrogen-bond acceptors (Lipinski definition) is 3. The molecule has 0 radical (unpaired) electrons. The minimum absolute atomic E-state index is 0. The van der Waals surface area contributed by atoms with Crippen molar-refractivity contribution in [1.82, 2.24) is 10.6 Å². The van der Waals surface area contributed by atoms with Crippen LogP contribution in [0.4, 0.5) is 13.2 Å². The van der Waals surface area contributed by atoms with E-state index in [1.807, 2.05) is 6.92 Å². The summed E-state index contributed by atoms with van der Waals surface area (Å²) in [7, 11) is 0. The number of halogens is 4. The second-order valence-corrected chi connectivity index (χ2v) is 8.47. The van der Waals surface area contributed by atoms with Crippen molar-refractivity contribution in [3.05, 3.63) is 35.4 Å². The van der Waals surface area contributed by atoms with Crippen LogP contribution in [-0.4, -0.2) is 52.0 Å². The third-order valence-electron chi connectivity index (χ3n) is 5.99. The van der Waals surface area contributed by atoms with Crippen LogP contribution in [-0.2, 0) is 21.1 Å². The van der Waals surface area contributed by atoms with Crippen LogP contribution in [0.2, 0.25) is 0 Å². The van der Waals surface area contributed by atoms with E-state index >= 15 is 0 Å². The van der Waals surface area contributed by atoms with Gasteiger partial charge >= 0.3 is 6.18 Å². The normalized spacial score (nSPS) is 18.7. The molecule has 0 bridgehead atoms. The predicted molar refractivity (Wildman–Crippen MR) is 131 cm³/mol. The molecule has 1 aromatic rings. The molecule has 0 aromatic heterocycles. The first-order valence-electron chi connectivity index (χ1n) is 11.3. The van der Waals surface area contributed by atoms with E-state index in [0.29, 0.717) is 25.0 Å². The van der Waals surface area contributed by atoms with Crippen molar-refractivity contribution < 1.29 is 22.6 Å². The summed E-state index contributed by atoms with van der Waals surface area (Å²) in [6, 6.07) is 5.68. The minimum atomic E-state index is -4.32. The van der Waals surface area contributed by atoms with E-state index in [0.717, 1.165) is 76.6 Å². The third-order valence-corrected chi connectivity index (χ3v) is 5.99. The van der Waals surface area contributed by atoms with E-state index in [9.17, 15) is 13.2 Å². The van der Waals surface area contributed by atoms with Crippen LogP contribution in [0.1, 0.15) is 50.2 Å². The fourth-order valence-corrected chi connectivity index (χ4v) is 3.83. The van der Waals surface area contributed by atoms with Crippen molar-refractivity contribution in [2.45, 2.75) is 50.6 Å². The van der Waals surface area contributed by atoms with Gasteiger partial charge in [-0.2, -0.15) is 13.2 Å². The Morgan fingerprint density at radius 1 is 1.22 bits per heavy atom. The second-order valence-electron chi connectivity index (χ2n) is 8.47. The van der Waals surface area contributed by atoms with E-state index in [4.69, 9.17) is 9.47 Å². The summed E-state index contributed by atoms with van der Waals surface area (Å²) in [5.41, 5.74) is -0.148. The fourth-order valence-electron chi connectivity index (χ4n) is 3.83. The van der Waals surface area contributed by atoms with Gasteiger partial charge in [0.1, 0.15) is 0 Å². The zero-order valence-corrected chi connectivity index (χ0v) is 21.0. The number of nitrogens with one attached hydrogen (secondary N) is 2. The van der Waals surface area contributed by atoms with Gasteiger partial charge in [0.25, 0.3) is 0 Å². The highest BCUT2D eigenvalue weighted by molar-refractivity contribution is 14.0. The van der Waals surface area contributed by atoms with Gasteiger partial charge in [-0.1, -0.05) is 18.2 Å². The molecule has 32 heavy (non-hydrogen) atoms. The number of guanidine groups is 1. The highest BCUT2D eigenvalue weighted by Crippen LogP contribution is 2.49. The molecule has 1 heterocycles. The first-order chi connectivity index (χ1) is 14.9. The zero-order valence-electron chi connectivity index (χ0n) is 18.7. The van der Waals surface area contributed by atoms with Crippen LogP contribution in [0.15, 0.2) is 29.3 Å². The molecule has 0 unspecified atom stereocenters.